The van der Waals surface area contributed by atoms with Crippen molar-refractivity contribution in [1.82, 2.24) is 0 Å². The number of furan rings is 1. The fourth-order valence-electron chi connectivity index (χ4n) is 1.64. The summed E-state index contributed by atoms with van der Waals surface area (Å²) in [6.45, 7) is 2.03. The zero-order valence-electron chi connectivity index (χ0n) is 9.96. The van der Waals surface area contributed by atoms with E-state index in [1.807, 2.05) is 43.3 Å². The Hall–Kier alpha value is -2.03. The first-order valence-electron chi connectivity index (χ1n) is 5.51. The molecule has 3 nitrogen and oxygen atoms in total. The highest BCUT2D eigenvalue weighted by molar-refractivity contribution is 5.75. The zero-order chi connectivity index (χ0) is 12.1. The van der Waals surface area contributed by atoms with Gasteiger partial charge in [0.15, 0.2) is 0 Å². The maximum atomic E-state index is 5.31. The minimum atomic E-state index is 0.0382. The lowest BCUT2D eigenvalue weighted by Gasteiger charge is -2.11. The highest BCUT2D eigenvalue weighted by Crippen LogP contribution is 2.26. The second kappa shape index (κ2) is 5.34. The largest absolute Gasteiger partial charge is 0.496 e. The van der Waals surface area contributed by atoms with Gasteiger partial charge in [-0.05, 0) is 25.1 Å². The van der Waals surface area contributed by atoms with Crippen LogP contribution in [0.3, 0.4) is 0 Å². The van der Waals surface area contributed by atoms with E-state index in [2.05, 4.69) is 4.99 Å². The van der Waals surface area contributed by atoms with E-state index in [-0.39, 0.29) is 6.04 Å². The van der Waals surface area contributed by atoms with Crippen LogP contribution < -0.4 is 4.74 Å². The molecule has 1 aromatic carbocycles. The third kappa shape index (κ3) is 2.75. The molecule has 1 heterocycles. The molecule has 1 unspecified atom stereocenters. The molecule has 2 aromatic rings. The molecule has 3 heteroatoms. The predicted octanol–water partition coefficient (Wildman–Crippen LogP) is 3.47. The van der Waals surface area contributed by atoms with Gasteiger partial charge in [0.1, 0.15) is 11.5 Å². The van der Waals surface area contributed by atoms with Crippen LogP contribution in [-0.2, 0) is 0 Å². The fourth-order valence-corrected chi connectivity index (χ4v) is 1.64. The third-order valence-corrected chi connectivity index (χ3v) is 2.56. The van der Waals surface area contributed by atoms with Gasteiger partial charge in [-0.2, -0.15) is 0 Å². The summed E-state index contributed by atoms with van der Waals surface area (Å²) in [6, 6.07) is 11.6. The molecule has 0 amide bonds. The van der Waals surface area contributed by atoms with E-state index in [1.165, 1.54) is 0 Å². The highest BCUT2D eigenvalue weighted by Gasteiger charge is 2.08. The Morgan fingerprint density at radius 3 is 2.76 bits per heavy atom. The molecule has 2 rings (SSSR count). The maximum Gasteiger partial charge on any atom is 0.144 e. The van der Waals surface area contributed by atoms with E-state index in [0.717, 1.165) is 17.1 Å². The van der Waals surface area contributed by atoms with Crippen molar-refractivity contribution in [3.05, 3.63) is 54.0 Å². The molecule has 0 bridgehead atoms. The molecule has 0 saturated carbocycles. The SMILES string of the molecule is COc1ccccc1C(C)N=Cc1ccco1. The van der Waals surface area contributed by atoms with Crippen LogP contribution >= 0.6 is 0 Å². The maximum absolute atomic E-state index is 5.31. The molecule has 0 radical (unpaired) electrons. The van der Waals surface area contributed by atoms with Crippen LogP contribution in [0.1, 0.15) is 24.3 Å². The molecular formula is C14H15NO2. The van der Waals surface area contributed by atoms with E-state index in [0.29, 0.717) is 0 Å². The Morgan fingerprint density at radius 1 is 1.24 bits per heavy atom. The monoisotopic (exact) mass is 229 g/mol. The summed E-state index contributed by atoms with van der Waals surface area (Å²) in [5, 5.41) is 0. The van der Waals surface area contributed by atoms with E-state index in [9.17, 15) is 0 Å². The van der Waals surface area contributed by atoms with E-state index in [1.54, 1.807) is 19.6 Å². The second-order valence-electron chi connectivity index (χ2n) is 3.71. The molecule has 0 saturated heterocycles. The molecule has 1 aromatic heterocycles. The summed E-state index contributed by atoms with van der Waals surface area (Å²) >= 11 is 0. The molecule has 1 atom stereocenters. The Labute approximate surface area is 101 Å². The van der Waals surface area contributed by atoms with Crippen LogP contribution in [0.25, 0.3) is 0 Å². The fraction of sp³-hybridized carbons (Fsp3) is 0.214. The summed E-state index contributed by atoms with van der Waals surface area (Å²) in [6.07, 6.45) is 3.37. The Kier molecular flexibility index (Phi) is 3.60. The Balaban J connectivity index is 2.17. The van der Waals surface area contributed by atoms with Gasteiger partial charge in [-0.15, -0.1) is 0 Å². The van der Waals surface area contributed by atoms with Crippen molar-refractivity contribution >= 4 is 6.21 Å². The number of methoxy groups -OCH3 is 1. The van der Waals surface area contributed by atoms with Crippen LogP contribution in [-0.4, -0.2) is 13.3 Å². The van der Waals surface area contributed by atoms with Gasteiger partial charge < -0.3 is 9.15 Å². The minimum absolute atomic E-state index is 0.0382. The Bertz CT molecular complexity index is 489. The lowest BCUT2D eigenvalue weighted by Crippen LogP contribution is -1.95. The van der Waals surface area contributed by atoms with E-state index < -0.39 is 0 Å². The van der Waals surface area contributed by atoms with Crippen molar-refractivity contribution in [1.29, 1.82) is 0 Å². The van der Waals surface area contributed by atoms with Gasteiger partial charge in [0.25, 0.3) is 0 Å². The minimum Gasteiger partial charge on any atom is -0.496 e. The van der Waals surface area contributed by atoms with E-state index >= 15 is 0 Å². The summed E-state index contributed by atoms with van der Waals surface area (Å²) in [5.41, 5.74) is 1.07. The number of benzene rings is 1. The average Bonchev–Trinajstić information content (AvgIpc) is 2.89. The molecule has 88 valence electrons. The Morgan fingerprint density at radius 2 is 2.06 bits per heavy atom. The topological polar surface area (TPSA) is 34.7 Å². The number of rotatable bonds is 4. The van der Waals surface area contributed by atoms with Crippen molar-refractivity contribution in [2.24, 2.45) is 4.99 Å². The van der Waals surface area contributed by atoms with E-state index in [4.69, 9.17) is 9.15 Å². The van der Waals surface area contributed by atoms with Gasteiger partial charge in [0.05, 0.1) is 25.6 Å². The third-order valence-electron chi connectivity index (χ3n) is 2.56. The molecule has 0 spiro atoms. The number of nitrogens with zero attached hydrogens (tertiary/aromatic N) is 1. The van der Waals surface area contributed by atoms with Crippen molar-refractivity contribution in [3.63, 3.8) is 0 Å². The second-order valence-corrected chi connectivity index (χ2v) is 3.71. The summed E-state index contributed by atoms with van der Waals surface area (Å²) in [5.74, 6) is 1.61. The van der Waals surface area contributed by atoms with Crippen LogP contribution in [0.15, 0.2) is 52.1 Å². The van der Waals surface area contributed by atoms with Crippen molar-refractivity contribution < 1.29 is 9.15 Å². The molecular weight excluding hydrogens is 214 g/mol. The van der Waals surface area contributed by atoms with Gasteiger partial charge in [0.2, 0.25) is 0 Å². The van der Waals surface area contributed by atoms with Crippen LogP contribution in [0, 0.1) is 0 Å². The normalized spacial score (nSPS) is 12.8. The predicted molar refractivity (Wildman–Crippen MR) is 67.7 cm³/mol. The number of ether oxygens (including phenoxy) is 1. The van der Waals surface area contributed by atoms with Crippen LogP contribution in [0.2, 0.25) is 0 Å². The number of para-hydroxylation sites is 1. The summed E-state index contributed by atoms with van der Waals surface area (Å²) in [4.78, 5) is 4.45. The number of hydrogen-bond donors (Lipinski definition) is 0. The summed E-state index contributed by atoms with van der Waals surface area (Å²) in [7, 11) is 1.67. The van der Waals surface area contributed by atoms with Crippen molar-refractivity contribution in [3.8, 4) is 5.75 Å². The highest BCUT2D eigenvalue weighted by atomic mass is 16.5. The van der Waals surface area contributed by atoms with Crippen LogP contribution in [0.5, 0.6) is 5.75 Å². The van der Waals surface area contributed by atoms with Crippen molar-refractivity contribution in [2.75, 3.05) is 7.11 Å². The first-order valence-corrected chi connectivity index (χ1v) is 5.51. The molecule has 0 N–H and O–H groups in total. The van der Waals surface area contributed by atoms with Crippen molar-refractivity contribution in [2.45, 2.75) is 13.0 Å². The average molecular weight is 229 g/mol. The van der Waals surface area contributed by atoms with Gasteiger partial charge in [-0.1, -0.05) is 18.2 Å². The molecule has 0 aliphatic rings. The smallest absolute Gasteiger partial charge is 0.144 e. The summed E-state index contributed by atoms with van der Waals surface area (Å²) < 4.78 is 10.5. The standard InChI is InChI=1S/C14H15NO2/c1-11(15-10-12-6-5-9-17-12)13-7-3-4-8-14(13)16-2/h3-11H,1-2H3. The quantitative estimate of drug-likeness (QED) is 0.752. The zero-order valence-corrected chi connectivity index (χ0v) is 9.96. The van der Waals surface area contributed by atoms with Gasteiger partial charge >= 0.3 is 0 Å². The van der Waals surface area contributed by atoms with Gasteiger partial charge in [-0.25, -0.2) is 0 Å². The number of aliphatic imine (C=N–C) groups is 1. The van der Waals surface area contributed by atoms with Gasteiger partial charge in [0, 0.05) is 5.56 Å². The molecule has 17 heavy (non-hydrogen) atoms. The van der Waals surface area contributed by atoms with Gasteiger partial charge in [-0.3, -0.25) is 4.99 Å². The molecule has 0 aliphatic carbocycles. The first kappa shape index (κ1) is 11.5. The molecule has 0 fully saturated rings. The lowest BCUT2D eigenvalue weighted by molar-refractivity contribution is 0.407. The first-order chi connectivity index (χ1) is 8.31. The lowest BCUT2D eigenvalue weighted by atomic mass is 10.1. The number of hydrogen-bond acceptors (Lipinski definition) is 3. The molecule has 0 aliphatic heterocycles. The van der Waals surface area contributed by atoms with Crippen LogP contribution in [0.4, 0.5) is 0 Å².